The Morgan fingerprint density at radius 2 is 0.778 bits per heavy atom. The van der Waals surface area contributed by atoms with E-state index >= 15 is 0 Å². The van der Waals surface area contributed by atoms with Crippen LogP contribution in [0.5, 0.6) is 0 Å². The number of hydrogen-bond donors (Lipinski definition) is 2. The van der Waals surface area contributed by atoms with Crippen LogP contribution in [0.2, 0.25) is 0 Å². The first-order valence-corrected chi connectivity index (χ1v) is 4.96. The fourth-order valence-corrected chi connectivity index (χ4v) is 0. The van der Waals surface area contributed by atoms with Crippen LogP contribution >= 0.6 is 0 Å². The third kappa shape index (κ3) is 209. The zero-order valence-electron chi connectivity index (χ0n) is 3.99. The molecule has 0 aliphatic rings. The summed E-state index contributed by atoms with van der Waals surface area (Å²) in [5, 5.41) is 0. The van der Waals surface area contributed by atoms with Crippen LogP contribution in [0.1, 0.15) is 0 Å². The zero-order chi connectivity index (χ0) is 7.15. The average Bonchev–Trinajstić information content (AvgIpc) is 1.25. The minimum Gasteiger partial charge on any atom is -0.372 e. The van der Waals surface area contributed by atoms with E-state index in [0.717, 1.165) is 0 Å². The van der Waals surface area contributed by atoms with E-state index in [4.69, 9.17) is 25.2 Å². The molecule has 0 bridgehead atoms. The molecule has 54 valence electrons. The second-order valence-electron chi connectivity index (χ2n) is 0.402. The van der Waals surface area contributed by atoms with Crippen LogP contribution in [0.4, 0.5) is 0 Å². The molecule has 0 unspecified atom stereocenters. The monoisotopic (exact) mass is 370 g/mol. The van der Waals surface area contributed by atoms with Crippen molar-refractivity contribution in [3.63, 3.8) is 0 Å². The molecular formula is H2Br2CdO6. The van der Waals surface area contributed by atoms with Gasteiger partial charge in [-0.05, 0) is 8.40 Å². The van der Waals surface area contributed by atoms with Crippen molar-refractivity contribution >= 4 is 0 Å². The van der Waals surface area contributed by atoms with Crippen molar-refractivity contribution in [1.82, 2.24) is 0 Å². The molecule has 0 aliphatic heterocycles. The molecule has 2 N–H and O–H groups in total. The molecule has 0 saturated heterocycles. The normalized spacial score (nSPS) is 8.00. The predicted molar refractivity (Wildman–Crippen MR) is 4.44 cm³/mol. The summed E-state index contributed by atoms with van der Waals surface area (Å²) in [5.41, 5.74) is 0. The molecule has 0 atom stereocenters. The molecule has 0 aliphatic carbocycles. The molecule has 0 spiro atoms. The number of hydrogen-bond acceptors (Lipinski definition) is 6. The van der Waals surface area contributed by atoms with Gasteiger partial charge >= 0.3 is 29.6 Å². The van der Waals surface area contributed by atoms with E-state index in [1.165, 1.54) is 0 Å². The Kier molecular flexibility index (Phi) is 23.2. The molecule has 0 fully saturated rings. The summed E-state index contributed by atoms with van der Waals surface area (Å²) >= 11 is -6.79. The van der Waals surface area contributed by atoms with Gasteiger partial charge in [-0.3, -0.25) is 0 Å². The molecule has 6 nitrogen and oxygen atoms in total. The Balaban J connectivity index is -0.0000000720. The molecule has 0 heterocycles. The summed E-state index contributed by atoms with van der Waals surface area (Å²) in [6.45, 7) is 0. The summed E-state index contributed by atoms with van der Waals surface area (Å²) < 4.78 is 48.6. The van der Waals surface area contributed by atoms with Gasteiger partial charge in [-0.15, -0.1) is 0 Å². The smallest absolute Gasteiger partial charge is 0.372 e. The van der Waals surface area contributed by atoms with Gasteiger partial charge in [-0.1, -0.05) is 0 Å². The van der Waals surface area contributed by atoms with Crippen LogP contribution in [-0.4, -0.2) is 8.40 Å². The Morgan fingerprint density at radius 1 is 0.778 bits per heavy atom. The second kappa shape index (κ2) is 12.3. The van der Waals surface area contributed by atoms with Crippen LogP contribution in [-0.2, 0) is 27.3 Å². The molecule has 9 heteroatoms. The molecule has 0 aromatic rings. The van der Waals surface area contributed by atoms with Crippen molar-refractivity contribution in [3.05, 3.63) is 0 Å². The van der Waals surface area contributed by atoms with E-state index in [0.29, 0.717) is 0 Å². The van der Waals surface area contributed by atoms with Gasteiger partial charge in [0.25, 0.3) is 0 Å². The van der Waals surface area contributed by atoms with Gasteiger partial charge in [-0.25, -0.2) is 0 Å². The van der Waals surface area contributed by atoms with Crippen LogP contribution in [0.25, 0.3) is 0 Å². The van der Waals surface area contributed by atoms with Crippen molar-refractivity contribution in [3.8, 4) is 0 Å². The van der Waals surface area contributed by atoms with Crippen LogP contribution in [0.3, 0.4) is 0 Å². The molecule has 0 saturated carbocycles. The van der Waals surface area contributed by atoms with Crippen molar-refractivity contribution < 1.29 is 82.1 Å². The summed E-state index contributed by atoms with van der Waals surface area (Å²) in [5.74, 6) is 0. The average molecular weight is 370 g/mol. The second-order valence-corrected chi connectivity index (χ2v) is 2.09. The van der Waals surface area contributed by atoms with Crippen LogP contribution in [0.15, 0.2) is 0 Å². The van der Waals surface area contributed by atoms with E-state index < -0.39 is 29.6 Å². The molecule has 0 radical (unpaired) electrons. The third-order valence-corrected chi connectivity index (χ3v) is 0. The quantitative estimate of drug-likeness (QED) is 0.408. The minimum atomic E-state index is -3.40. The summed E-state index contributed by atoms with van der Waals surface area (Å²) in [6.07, 6.45) is 0. The summed E-state index contributed by atoms with van der Waals surface area (Å²) in [6, 6.07) is 0. The predicted octanol–water partition coefficient (Wildman–Crippen LogP) is -5.87. The van der Waals surface area contributed by atoms with Gasteiger partial charge in [0.1, 0.15) is 0 Å². The van der Waals surface area contributed by atoms with Gasteiger partial charge < -0.3 is 16.8 Å². The fraction of sp³-hybridized carbons (Fsp3) is 0. The van der Waals surface area contributed by atoms with E-state index in [9.17, 15) is 0 Å². The first-order valence-electron chi connectivity index (χ1n) is 0.955. The molecular weight excluding hydrogens is 368 g/mol. The van der Waals surface area contributed by atoms with E-state index in [1.54, 1.807) is 0 Å². The third-order valence-electron chi connectivity index (χ3n) is 0. The maximum atomic E-state index is 8.63. The standard InChI is InChI=1S/2BrHO3.Cd/c2*2-1(3)4;/h2*2H;. The van der Waals surface area contributed by atoms with E-state index in [2.05, 4.69) is 0 Å². The van der Waals surface area contributed by atoms with Crippen molar-refractivity contribution in [2.75, 3.05) is 0 Å². The largest absolute Gasteiger partial charge is 0.433 e. The Morgan fingerprint density at radius 3 is 0.778 bits per heavy atom. The first-order chi connectivity index (χ1) is 3.46. The van der Waals surface area contributed by atoms with Gasteiger partial charge in [-0.2, -0.15) is 0 Å². The van der Waals surface area contributed by atoms with E-state index in [1.807, 2.05) is 0 Å². The topological polar surface area (TPSA) is 133 Å². The molecule has 0 aromatic carbocycles. The SMILES string of the molecule is [Cd].[O-][Br+2]([O-])O.[O-][Br+2]([O-])O. The fourth-order valence-electron chi connectivity index (χ4n) is 0. The maximum absolute atomic E-state index is 8.63. The van der Waals surface area contributed by atoms with Crippen LogP contribution in [0, 0.1) is 29.6 Å². The minimum absolute atomic E-state index is 0. The van der Waals surface area contributed by atoms with Gasteiger partial charge in [0.2, 0.25) is 0 Å². The van der Waals surface area contributed by atoms with E-state index in [-0.39, 0.29) is 27.3 Å². The van der Waals surface area contributed by atoms with Gasteiger partial charge in [0.15, 0.2) is 0 Å². The molecule has 0 aromatic heterocycles. The van der Waals surface area contributed by atoms with Gasteiger partial charge in [0.05, 0.1) is 0 Å². The van der Waals surface area contributed by atoms with Crippen LogP contribution < -0.4 is 16.8 Å². The Bertz CT molecular complexity index is 26.5. The van der Waals surface area contributed by atoms with Crippen molar-refractivity contribution in [2.45, 2.75) is 0 Å². The first kappa shape index (κ1) is 16.9. The summed E-state index contributed by atoms with van der Waals surface area (Å²) in [4.78, 5) is 0. The maximum Gasteiger partial charge on any atom is 0.433 e. The molecule has 0 amide bonds. The van der Waals surface area contributed by atoms with Crippen molar-refractivity contribution in [1.29, 1.82) is 0 Å². The number of rotatable bonds is 0. The van der Waals surface area contributed by atoms with Gasteiger partial charge in [0, 0.05) is 27.3 Å². The Hall–Kier alpha value is 1.64. The van der Waals surface area contributed by atoms with Crippen molar-refractivity contribution in [2.24, 2.45) is 0 Å². The molecule has 0 rings (SSSR count). The number of halogens is 2. The Labute approximate surface area is 81.6 Å². The molecule has 9 heavy (non-hydrogen) atoms. The zero-order valence-corrected chi connectivity index (χ0v) is 11.2. The summed E-state index contributed by atoms with van der Waals surface area (Å²) in [7, 11) is 0.